The average molecular weight is 209 g/mol. The van der Waals surface area contributed by atoms with Gasteiger partial charge in [-0.3, -0.25) is 5.01 Å². The Morgan fingerprint density at radius 2 is 2.07 bits per heavy atom. The molecule has 80 valence electrons. The number of benzene rings is 1. The maximum absolute atomic E-state index is 10.0. The molecule has 7 heteroatoms. The van der Waals surface area contributed by atoms with Crippen molar-refractivity contribution < 1.29 is 5.03 Å². The Kier molecular flexibility index (Phi) is 3.58. The normalized spacial score (nSPS) is 11.1. The number of hydrogen-bond acceptors (Lipinski definition) is 3. The fourth-order valence-electron chi connectivity index (χ4n) is 1.00. The van der Waals surface area contributed by atoms with Crippen molar-refractivity contribution in [3.8, 4) is 0 Å². The highest BCUT2D eigenvalue weighted by Crippen LogP contribution is 2.00. The van der Waals surface area contributed by atoms with Gasteiger partial charge in [-0.2, -0.15) is 0 Å². The fourth-order valence-corrected chi connectivity index (χ4v) is 1.00. The van der Waals surface area contributed by atoms with E-state index in [9.17, 15) is 10.1 Å². The molecule has 1 aromatic carbocycles. The van der Waals surface area contributed by atoms with Gasteiger partial charge in [0.05, 0.1) is 6.54 Å². The Hall–Kier alpha value is -2.15. The molecule has 1 aromatic rings. The summed E-state index contributed by atoms with van der Waals surface area (Å²) in [6.45, 7) is 0.268. The Morgan fingerprint density at radius 1 is 1.47 bits per heavy atom. The third-order valence-corrected chi connectivity index (χ3v) is 1.67. The number of nitrogens with zero attached hydrogens (tertiary/aromatic N) is 3. The summed E-state index contributed by atoms with van der Waals surface area (Å²) >= 11 is 0. The lowest BCUT2D eigenvalue weighted by atomic mass is 10.2. The minimum atomic E-state index is -0.889. The molecule has 0 aliphatic heterocycles. The quantitative estimate of drug-likeness (QED) is 0.237. The number of hydrazine groups is 1. The molecule has 0 unspecified atom stereocenters. The van der Waals surface area contributed by atoms with Crippen LogP contribution in [-0.2, 0) is 6.54 Å². The van der Waals surface area contributed by atoms with Crippen molar-refractivity contribution in [2.24, 2.45) is 16.7 Å². The van der Waals surface area contributed by atoms with E-state index < -0.39 is 5.03 Å². The number of guanidine groups is 1. The molecule has 0 radical (unpaired) electrons. The monoisotopic (exact) mass is 209 g/mol. The molecule has 0 heterocycles. The standard InChI is InChI=1S/C8H11N5O2/c9-8(11-13(14)15)12(10)6-7-4-2-1-3-5-7/h1-5H,6,10H2,(H2,9,11). The molecule has 4 N–H and O–H groups in total. The number of nitrogens with two attached hydrogens (primary N) is 2. The van der Waals surface area contributed by atoms with Crippen molar-refractivity contribution in [2.75, 3.05) is 0 Å². The second-order valence-electron chi connectivity index (χ2n) is 2.81. The molecule has 0 saturated carbocycles. The molecule has 0 atom stereocenters. The van der Waals surface area contributed by atoms with Crippen molar-refractivity contribution in [3.63, 3.8) is 0 Å². The van der Waals surface area contributed by atoms with E-state index in [4.69, 9.17) is 11.6 Å². The lowest BCUT2D eigenvalue weighted by molar-refractivity contribution is -0.485. The maximum Gasteiger partial charge on any atom is 0.283 e. The zero-order chi connectivity index (χ0) is 11.3. The van der Waals surface area contributed by atoms with Gasteiger partial charge in [-0.05, 0) is 5.56 Å². The smallest absolute Gasteiger partial charge is 0.283 e. The van der Waals surface area contributed by atoms with Crippen molar-refractivity contribution in [2.45, 2.75) is 6.54 Å². The summed E-state index contributed by atoms with van der Waals surface area (Å²) < 4.78 is 0. The van der Waals surface area contributed by atoms with Gasteiger partial charge in [-0.1, -0.05) is 30.3 Å². The van der Waals surface area contributed by atoms with E-state index >= 15 is 0 Å². The lowest BCUT2D eigenvalue weighted by Crippen LogP contribution is -2.42. The summed E-state index contributed by atoms with van der Waals surface area (Å²) in [5.41, 5.74) is 6.17. The maximum atomic E-state index is 10.0. The molecule has 15 heavy (non-hydrogen) atoms. The minimum absolute atomic E-state index is 0.268. The van der Waals surface area contributed by atoms with E-state index in [1.54, 1.807) is 0 Å². The van der Waals surface area contributed by atoms with Crippen LogP contribution in [0.15, 0.2) is 35.4 Å². The highest BCUT2D eigenvalue weighted by molar-refractivity contribution is 5.76. The molecular weight excluding hydrogens is 198 g/mol. The van der Waals surface area contributed by atoms with Gasteiger partial charge >= 0.3 is 0 Å². The summed E-state index contributed by atoms with van der Waals surface area (Å²) in [5, 5.41) is 13.0. The Labute approximate surface area is 86.1 Å². The third kappa shape index (κ3) is 3.61. The van der Waals surface area contributed by atoms with Crippen LogP contribution in [-0.4, -0.2) is 16.0 Å². The SMILES string of the molecule is N/C(=N\[N+](=O)[O-])N(N)Cc1ccccc1. The highest BCUT2D eigenvalue weighted by Gasteiger charge is 2.07. The van der Waals surface area contributed by atoms with Crippen LogP contribution in [0.4, 0.5) is 0 Å². The fraction of sp³-hybridized carbons (Fsp3) is 0.125. The molecule has 7 nitrogen and oxygen atoms in total. The van der Waals surface area contributed by atoms with Crippen LogP contribution in [0, 0.1) is 10.1 Å². The van der Waals surface area contributed by atoms with Gasteiger partial charge in [0.25, 0.3) is 5.96 Å². The topological polar surface area (TPSA) is 111 Å². The second-order valence-corrected chi connectivity index (χ2v) is 2.81. The summed E-state index contributed by atoms with van der Waals surface area (Å²) in [6, 6.07) is 9.20. The van der Waals surface area contributed by atoms with Gasteiger partial charge in [0.15, 0.2) is 5.03 Å². The van der Waals surface area contributed by atoms with Crippen LogP contribution in [0.5, 0.6) is 0 Å². The van der Waals surface area contributed by atoms with Crippen LogP contribution < -0.4 is 11.6 Å². The predicted octanol–water partition coefficient (Wildman–Crippen LogP) is -0.131. The first-order valence-corrected chi connectivity index (χ1v) is 4.14. The van der Waals surface area contributed by atoms with E-state index in [1.165, 1.54) is 0 Å². The number of hydrogen-bond donors (Lipinski definition) is 2. The highest BCUT2D eigenvalue weighted by atomic mass is 16.7. The summed E-state index contributed by atoms with van der Waals surface area (Å²) in [5.74, 6) is 5.14. The van der Waals surface area contributed by atoms with Crippen molar-refractivity contribution in [1.82, 2.24) is 5.01 Å². The van der Waals surface area contributed by atoms with E-state index in [0.29, 0.717) is 0 Å². The first-order chi connectivity index (χ1) is 7.09. The van der Waals surface area contributed by atoms with Gasteiger partial charge in [0, 0.05) is 0 Å². The molecule has 0 amide bonds. The Bertz CT molecular complexity index is 365. The van der Waals surface area contributed by atoms with Crippen LogP contribution in [0.1, 0.15) is 5.56 Å². The van der Waals surface area contributed by atoms with Crippen LogP contribution in [0.3, 0.4) is 0 Å². The number of rotatable bonds is 3. The van der Waals surface area contributed by atoms with Crippen molar-refractivity contribution in [1.29, 1.82) is 0 Å². The van der Waals surface area contributed by atoms with Gasteiger partial charge in [0.1, 0.15) is 5.10 Å². The molecule has 0 saturated heterocycles. The zero-order valence-corrected chi connectivity index (χ0v) is 7.91. The minimum Gasteiger partial charge on any atom is -0.363 e. The van der Waals surface area contributed by atoms with E-state index in [-0.39, 0.29) is 12.5 Å². The van der Waals surface area contributed by atoms with Crippen molar-refractivity contribution >= 4 is 5.96 Å². The molecule has 0 bridgehead atoms. The van der Waals surface area contributed by atoms with Gasteiger partial charge in [0.2, 0.25) is 0 Å². The molecule has 0 aromatic heterocycles. The summed E-state index contributed by atoms with van der Waals surface area (Å²) in [4.78, 5) is 10.0. The van der Waals surface area contributed by atoms with Gasteiger partial charge in [-0.25, -0.2) is 16.0 Å². The van der Waals surface area contributed by atoms with E-state index in [1.807, 2.05) is 30.3 Å². The summed E-state index contributed by atoms with van der Waals surface area (Å²) in [7, 11) is 0. The van der Waals surface area contributed by atoms with E-state index in [0.717, 1.165) is 10.6 Å². The Balaban J connectivity index is 2.64. The molecular formula is C8H11N5O2. The van der Waals surface area contributed by atoms with E-state index in [2.05, 4.69) is 5.10 Å². The average Bonchev–Trinajstić information content (AvgIpc) is 2.18. The first kappa shape index (κ1) is 10.9. The predicted molar refractivity (Wildman–Crippen MR) is 54.8 cm³/mol. The van der Waals surface area contributed by atoms with Crippen LogP contribution in [0.2, 0.25) is 0 Å². The first-order valence-electron chi connectivity index (χ1n) is 4.14. The van der Waals surface area contributed by atoms with Crippen molar-refractivity contribution in [3.05, 3.63) is 46.0 Å². The summed E-state index contributed by atoms with van der Waals surface area (Å²) in [6.07, 6.45) is 0. The molecule has 0 aliphatic carbocycles. The molecule has 0 fully saturated rings. The van der Waals surface area contributed by atoms with Gasteiger partial charge in [-0.15, -0.1) is 0 Å². The molecule has 1 rings (SSSR count). The number of nitro groups is 1. The second kappa shape index (κ2) is 4.91. The largest absolute Gasteiger partial charge is 0.363 e. The third-order valence-electron chi connectivity index (χ3n) is 1.67. The number of hydrazone groups is 1. The molecule has 0 aliphatic rings. The van der Waals surface area contributed by atoms with Crippen LogP contribution >= 0.6 is 0 Å². The molecule has 0 spiro atoms. The lowest BCUT2D eigenvalue weighted by Gasteiger charge is -2.14. The van der Waals surface area contributed by atoms with Crippen LogP contribution in [0.25, 0.3) is 0 Å². The zero-order valence-electron chi connectivity index (χ0n) is 7.91. The van der Waals surface area contributed by atoms with Gasteiger partial charge < -0.3 is 5.73 Å². The Morgan fingerprint density at radius 3 is 2.60 bits per heavy atom.